The van der Waals surface area contributed by atoms with Gasteiger partial charge >= 0.3 is 0 Å². The number of sulfonamides is 1. The Balaban J connectivity index is 2.31. The van der Waals surface area contributed by atoms with Gasteiger partial charge in [-0.05, 0) is 31.2 Å². The van der Waals surface area contributed by atoms with Crippen LogP contribution in [0.15, 0.2) is 29.2 Å². The second kappa shape index (κ2) is 6.67. The molecule has 1 saturated heterocycles. The lowest BCUT2D eigenvalue weighted by Gasteiger charge is -2.34. The average molecular weight is 298 g/mol. The summed E-state index contributed by atoms with van der Waals surface area (Å²) in [4.78, 5) is 0.366. The normalized spacial score (nSPS) is 21.0. The van der Waals surface area contributed by atoms with Gasteiger partial charge in [0.05, 0.1) is 18.1 Å². The molecule has 0 bridgehead atoms. The second-order valence-electron chi connectivity index (χ2n) is 4.93. The monoisotopic (exact) mass is 298 g/mol. The fraction of sp³-hybridized carbons (Fsp3) is 0.571. The van der Waals surface area contributed by atoms with Crippen LogP contribution in [0.4, 0.5) is 0 Å². The highest BCUT2D eigenvalue weighted by molar-refractivity contribution is 7.89. The van der Waals surface area contributed by atoms with Crippen molar-refractivity contribution >= 4 is 10.0 Å². The molecule has 0 radical (unpaired) electrons. The van der Waals surface area contributed by atoms with E-state index in [0.29, 0.717) is 31.2 Å². The van der Waals surface area contributed by atoms with Gasteiger partial charge in [0.25, 0.3) is 0 Å². The summed E-state index contributed by atoms with van der Waals surface area (Å²) in [7, 11) is -1.60. The van der Waals surface area contributed by atoms with Crippen molar-refractivity contribution in [2.45, 2.75) is 30.8 Å². The maximum atomic E-state index is 12.8. The second-order valence-corrected chi connectivity index (χ2v) is 6.82. The average Bonchev–Trinajstić information content (AvgIpc) is 2.48. The topological polar surface area (TPSA) is 58.6 Å². The molecule has 112 valence electrons. The fourth-order valence-corrected chi connectivity index (χ4v) is 4.17. The molecule has 1 fully saturated rings. The number of rotatable bonds is 5. The van der Waals surface area contributed by atoms with E-state index in [2.05, 4.69) is 5.32 Å². The molecular weight excluding hydrogens is 276 g/mol. The molecule has 20 heavy (non-hydrogen) atoms. The van der Waals surface area contributed by atoms with Crippen LogP contribution in [-0.2, 0) is 21.3 Å². The van der Waals surface area contributed by atoms with Crippen LogP contribution in [0, 0.1) is 0 Å². The van der Waals surface area contributed by atoms with Crippen LogP contribution >= 0.6 is 0 Å². The molecule has 1 N–H and O–H groups in total. The molecule has 1 unspecified atom stereocenters. The molecule has 5 nitrogen and oxygen atoms in total. The van der Waals surface area contributed by atoms with Gasteiger partial charge in [-0.25, -0.2) is 8.42 Å². The van der Waals surface area contributed by atoms with E-state index in [9.17, 15) is 8.42 Å². The van der Waals surface area contributed by atoms with Gasteiger partial charge in [0.15, 0.2) is 0 Å². The predicted molar refractivity (Wildman–Crippen MR) is 78.0 cm³/mol. The van der Waals surface area contributed by atoms with Crippen LogP contribution in [-0.4, -0.2) is 45.6 Å². The van der Waals surface area contributed by atoms with E-state index in [4.69, 9.17) is 4.74 Å². The first-order chi connectivity index (χ1) is 9.59. The van der Waals surface area contributed by atoms with Crippen LogP contribution in [0.2, 0.25) is 0 Å². The number of benzene rings is 1. The first kappa shape index (κ1) is 15.4. The van der Waals surface area contributed by atoms with Gasteiger partial charge in [-0.2, -0.15) is 4.31 Å². The maximum Gasteiger partial charge on any atom is 0.243 e. The van der Waals surface area contributed by atoms with E-state index in [-0.39, 0.29) is 6.04 Å². The zero-order valence-corrected chi connectivity index (χ0v) is 12.8. The third-order valence-electron chi connectivity index (χ3n) is 3.53. The maximum absolute atomic E-state index is 12.8. The first-order valence-electron chi connectivity index (χ1n) is 6.92. The molecular formula is C14H22N2O3S. The van der Waals surface area contributed by atoms with Crippen molar-refractivity contribution in [3.05, 3.63) is 29.8 Å². The van der Waals surface area contributed by atoms with Crippen molar-refractivity contribution in [2.24, 2.45) is 0 Å². The van der Waals surface area contributed by atoms with Crippen molar-refractivity contribution in [3.63, 3.8) is 0 Å². The quantitative estimate of drug-likeness (QED) is 0.887. The third-order valence-corrected chi connectivity index (χ3v) is 5.48. The fourth-order valence-electron chi connectivity index (χ4n) is 2.43. The van der Waals surface area contributed by atoms with E-state index in [1.807, 2.05) is 20.0 Å². The molecule has 1 aliphatic heterocycles. The summed E-state index contributed by atoms with van der Waals surface area (Å²) in [5, 5.41) is 3.03. The summed E-state index contributed by atoms with van der Waals surface area (Å²) >= 11 is 0. The molecule has 1 aromatic carbocycles. The highest BCUT2D eigenvalue weighted by Crippen LogP contribution is 2.22. The highest BCUT2D eigenvalue weighted by Gasteiger charge is 2.33. The summed E-state index contributed by atoms with van der Waals surface area (Å²) in [5.74, 6) is 0. The largest absolute Gasteiger partial charge is 0.378 e. The van der Waals surface area contributed by atoms with Gasteiger partial charge in [0.1, 0.15) is 0 Å². The van der Waals surface area contributed by atoms with Gasteiger partial charge < -0.3 is 10.1 Å². The Hall–Kier alpha value is -0.950. The van der Waals surface area contributed by atoms with Gasteiger partial charge in [-0.1, -0.05) is 19.1 Å². The van der Waals surface area contributed by atoms with E-state index in [1.54, 1.807) is 22.5 Å². The number of nitrogens with zero attached hydrogens (tertiary/aromatic N) is 1. The standard InChI is InChI=1S/C14H22N2O3S/c1-3-13-11-19-8-7-16(13)20(17,18)14-6-4-5-12(9-14)10-15-2/h4-6,9,13,15H,3,7-8,10-11H2,1-2H3. The van der Waals surface area contributed by atoms with Crippen molar-refractivity contribution in [2.75, 3.05) is 26.8 Å². The number of nitrogens with one attached hydrogen (secondary N) is 1. The van der Waals surface area contributed by atoms with Gasteiger partial charge in [0.2, 0.25) is 10.0 Å². The molecule has 0 spiro atoms. The van der Waals surface area contributed by atoms with E-state index < -0.39 is 10.0 Å². The minimum atomic E-state index is -3.44. The zero-order valence-electron chi connectivity index (χ0n) is 12.0. The Bertz CT molecular complexity index is 545. The lowest BCUT2D eigenvalue weighted by Crippen LogP contribution is -2.48. The molecule has 1 atom stereocenters. The van der Waals surface area contributed by atoms with Gasteiger partial charge in [-0.3, -0.25) is 0 Å². The number of ether oxygens (including phenoxy) is 1. The first-order valence-corrected chi connectivity index (χ1v) is 8.36. The number of morpholine rings is 1. The third kappa shape index (κ3) is 3.20. The zero-order chi connectivity index (χ0) is 14.6. The molecule has 0 saturated carbocycles. The van der Waals surface area contributed by atoms with E-state index >= 15 is 0 Å². The molecule has 0 aliphatic carbocycles. The van der Waals surface area contributed by atoms with Crippen LogP contribution in [0.3, 0.4) is 0 Å². The Kier molecular flexibility index (Phi) is 5.15. The number of hydrogen-bond donors (Lipinski definition) is 1. The van der Waals surface area contributed by atoms with Crippen molar-refractivity contribution < 1.29 is 13.2 Å². The van der Waals surface area contributed by atoms with Crippen molar-refractivity contribution in [3.8, 4) is 0 Å². The summed E-state index contributed by atoms with van der Waals surface area (Å²) in [6.45, 7) is 4.01. The van der Waals surface area contributed by atoms with Crippen molar-refractivity contribution in [1.29, 1.82) is 0 Å². The summed E-state index contributed by atoms with van der Waals surface area (Å²) in [6.07, 6.45) is 0.759. The molecule has 0 amide bonds. The van der Waals surface area contributed by atoms with Crippen LogP contribution in [0.25, 0.3) is 0 Å². The summed E-state index contributed by atoms with van der Waals surface area (Å²) in [5.41, 5.74) is 0.967. The minimum absolute atomic E-state index is 0.0679. The van der Waals surface area contributed by atoms with Crippen LogP contribution in [0.1, 0.15) is 18.9 Å². The Labute approximate surface area is 121 Å². The highest BCUT2D eigenvalue weighted by atomic mass is 32.2. The van der Waals surface area contributed by atoms with Crippen molar-refractivity contribution in [1.82, 2.24) is 9.62 Å². The lowest BCUT2D eigenvalue weighted by molar-refractivity contribution is 0.0314. The van der Waals surface area contributed by atoms with Crippen LogP contribution < -0.4 is 5.32 Å². The molecule has 1 aliphatic rings. The lowest BCUT2D eigenvalue weighted by atomic mass is 10.2. The molecule has 2 rings (SSSR count). The SMILES string of the molecule is CCC1COCCN1S(=O)(=O)c1cccc(CNC)c1. The van der Waals surface area contributed by atoms with E-state index in [1.165, 1.54) is 0 Å². The van der Waals surface area contributed by atoms with E-state index in [0.717, 1.165) is 12.0 Å². The minimum Gasteiger partial charge on any atom is -0.378 e. The summed E-state index contributed by atoms with van der Waals surface area (Å²) in [6, 6.07) is 7.05. The molecule has 0 aromatic heterocycles. The Morgan fingerprint density at radius 1 is 1.45 bits per heavy atom. The smallest absolute Gasteiger partial charge is 0.243 e. The summed E-state index contributed by atoms with van der Waals surface area (Å²) < 4.78 is 32.5. The Morgan fingerprint density at radius 3 is 2.95 bits per heavy atom. The van der Waals surface area contributed by atoms with Crippen LogP contribution in [0.5, 0.6) is 0 Å². The predicted octanol–water partition coefficient (Wildman–Crippen LogP) is 1.21. The Morgan fingerprint density at radius 2 is 2.25 bits per heavy atom. The molecule has 1 aromatic rings. The number of hydrogen-bond acceptors (Lipinski definition) is 4. The molecule has 6 heteroatoms. The van der Waals surface area contributed by atoms with Gasteiger partial charge in [0, 0.05) is 19.1 Å². The van der Waals surface area contributed by atoms with Gasteiger partial charge in [-0.15, -0.1) is 0 Å². The molecule has 1 heterocycles.